The Kier molecular flexibility index (Phi) is 3.79. The SMILES string of the molecule is COC(=O)Oc1ccc(-c2ccc(C#N)cc2)cc1. The van der Waals surface area contributed by atoms with Crippen molar-refractivity contribution in [1.82, 2.24) is 0 Å². The van der Waals surface area contributed by atoms with Crippen LogP contribution in [-0.4, -0.2) is 13.3 Å². The van der Waals surface area contributed by atoms with Gasteiger partial charge in [0.25, 0.3) is 0 Å². The molecule has 0 saturated heterocycles. The Bertz CT molecular complexity index is 609. The molecule has 0 aromatic heterocycles. The van der Waals surface area contributed by atoms with Crippen LogP contribution in [0.25, 0.3) is 11.1 Å². The number of rotatable bonds is 2. The van der Waals surface area contributed by atoms with Gasteiger partial charge in [-0.25, -0.2) is 4.79 Å². The summed E-state index contributed by atoms with van der Waals surface area (Å²) < 4.78 is 9.29. The second-order valence-electron chi connectivity index (χ2n) is 3.77. The van der Waals surface area contributed by atoms with Gasteiger partial charge < -0.3 is 9.47 Å². The van der Waals surface area contributed by atoms with Gasteiger partial charge in [-0.2, -0.15) is 5.26 Å². The summed E-state index contributed by atoms with van der Waals surface area (Å²) in [6.07, 6.45) is -0.744. The maximum atomic E-state index is 10.9. The first-order valence-corrected chi connectivity index (χ1v) is 5.59. The number of carbonyl (C=O) groups excluding carboxylic acids is 1. The summed E-state index contributed by atoms with van der Waals surface area (Å²) in [4.78, 5) is 10.9. The van der Waals surface area contributed by atoms with Gasteiger partial charge in [0, 0.05) is 0 Å². The zero-order valence-corrected chi connectivity index (χ0v) is 10.3. The van der Waals surface area contributed by atoms with Crippen LogP contribution in [0.3, 0.4) is 0 Å². The molecule has 19 heavy (non-hydrogen) atoms. The van der Waals surface area contributed by atoms with Gasteiger partial charge in [-0.1, -0.05) is 24.3 Å². The van der Waals surface area contributed by atoms with E-state index in [9.17, 15) is 4.79 Å². The van der Waals surface area contributed by atoms with Gasteiger partial charge in [-0.05, 0) is 35.4 Å². The van der Waals surface area contributed by atoms with Gasteiger partial charge in [-0.15, -0.1) is 0 Å². The Hall–Kier alpha value is -2.80. The molecule has 94 valence electrons. The van der Waals surface area contributed by atoms with Crippen molar-refractivity contribution in [3.05, 3.63) is 54.1 Å². The smallest absolute Gasteiger partial charge is 0.437 e. The maximum absolute atomic E-state index is 10.9. The van der Waals surface area contributed by atoms with E-state index in [4.69, 9.17) is 10.00 Å². The lowest BCUT2D eigenvalue weighted by molar-refractivity contribution is 0.121. The highest BCUT2D eigenvalue weighted by molar-refractivity contribution is 5.67. The molecular weight excluding hydrogens is 242 g/mol. The predicted molar refractivity (Wildman–Crippen MR) is 69.6 cm³/mol. The first kappa shape index (κ1) is 12.7. The van der Waals surface area contributed by atoms with Crippen molar-refractivity contribution in [3.8, 4) is 22.9 Å². The number of methoxy groups -OCH3 is 1. The summed E-state index contributed by atoms with van der Waals surface area (Å²) in [6.45, 7) is 0. The maximum Gasteiger partial charge on any atom is 0.513 e. The highest BCUT2D eigenvalue weighted by atomic mass is 16.7. The van der Waals surface area contributed by atoms with E-state index in [0.29, 0.717) is 11.3 Å². The normalized spacial score (nSPS) is 9.47. The number of carbonyl (C=O) groups is 1. The summed E-state index contributed by atoms with van der Waals surface area (Å²) in [5.41, 5.74) is 2.58. The Morgan fingerprint density at radius 3 is 2.00 bits per heavy atom. The van der Waals surface area contributed by atoms with Crippen LogP contribution >= 0.6 is 0 Å². The number of nitrogens with zero attached hydrogens (tertiary/aromatic N) is 1. The van der Waals surface area contributed by atoms with Crippen LogP contribution in [-0.2, 0) is 4.74 Å². The van der Waals surface area contributed by atoms with Gasteiger partial charge in [0.05, 0.1) is 18.7 Å². The van der Waals surface area contributed by atoms with E-state index in [2.05, 4.69) is 10.8 Å². The first-order chi connectivity index (χ1) is 9.22. The molecule has 0 atom stereocenters. The van der Waals surface area contributed by atoms with Gasteiger partial charge in [0.15, 0.2) is 0 Å². The second kappa shape index (κ2) is 5.69. The van der Waals surface area contributed by atoms with Crippen LogP contribution in [0.2, 0.25) is 0 Å². The molecule has 0 aliphatic rings. The van der Waals surface area contributed by atoms with E-state index in [1.54, 1.807) is 24.3 Å². The molecule has 0 N–H and O–H groups in total. The Morgan fingerprint density at radius 1 is 1.00 bits per heavy atom. The molecule has 2 aromatic carbocycles. The first-order valence-electron chi connectivity index (χ1n) is 5.59. The van der Waals surface area contributed by atoms with E-state index < -0.39 is 6.16 Å². The fourth-order valence-corrected chi connectivity index (χ4v) is 1.59. The fourth-order valence-electron chi connectivity index (χ4n) is 1.59. The van der Waals surface area contributed by atoms with E-state index in [0.717, 1.165) is 11.1 Å². The monoisotopic (exact) mass is 253 g/mol. The third kappa shape index (κ3) is 3.11. The highest BCUT2D eigenvalue weighted by Gasteiger charge is 2.04. The summed E-state index contributed by atoms with van der Waals surface area (Å²) in [6, 6.07) is 16.4. The van der Waals surface area contributed by atoms with E-state index in [1.165, 1.54) is 7.11 Å². The van der Waals surface area contributed by atoms with Crippen LogP contribution in [0.15, 0.2) is 48.5 Å². The number of hydrogen-bond donors (Lipinski definition) is 0. The summed E-state index contributed by atoms with van der Waals surface area (Å²) in [5, 5.41) is 8.73. The molecule has 2 rings (SSSR count). The number of nitriles is 1. The minimum atomic E-state index is -0.744. The van der Waals surface area contributed by atoms with Crippen LogP contribution < -0.4 is 4.74 Å². The van der Waals surface area contributed by atoms with Crippen molar-refractivity contribution in [3.63, 3.8) is 0 Å². The average Bonchev–Trinajstić information content (AvgIpc) is 2.48. The lowest BCUT2D eigenvalue weighted by Gasteiger charge is -2.05. The molecule has 0 aliphatic carbocycles. The Balaban J connectivity index is 2.17. The van der Waals surface area contributed by atoms with Gasteiger partial charge in [-0.3, -0.25) is 0 Å². The minimum Gasteiger partial charge on any atom is -0.437 e. The van der Waals surface area contributed by atoms with Gasteiger partial charge in [0.1, 0.15) is 5.75 Å². The molecule has 0 fully saturated rings. The molecule has 2 aromatic rings. The molecule has 4 nitrogen and oxygen atoms in total. The van der Waals surface area contributed by atoms with Crippen LogP contribution in [0, 0.1) is 11.3 Å². The molecule has 0 bridgehead atoms. The van der Waals surface area contributed by atoms with E-state index in [-0.39, 0.29) is 0 Å². The quantitative estimate of drug-likeness (QED) is 0.608. The topological polar surface area (TPSA) is 59.3 Å². The summed E-state index contributed by atoms with van der Waals surface area (Å²) >= 11 is 0. The Labute approximate surface area is 110 Å². The van der Waals surface area contributed by atoms with Crippen molar-refractivity contribution in [2.45, 2.75) is 0 Å². The Morgan fingerprint density at radius 2 is 1.53 bits per heavy atom. The molecule has 0 amide bonds. The lowest BCUT2D eigenvalue weighted by Crippen LogP contribution is -2.06. The summed E-state index contributed by atoms with van der Waals surface area (Å²) in [7, 11) is 1.26. The predicted octanol–water partition coefficient (Wildman–Crippen LogP) is 3.37. The molecule has 0 heterocycles. The van der Waals surface area contributed by atoms with Crippen molar-refractivity contribution >= 4 is 6.16 Å². The van der Waals surface area contributed by atoms with Gasteiger partial charge in [0.2, 0.25) is 0 Å². The molecule has 0 aliphatic heterocycles. The zero-order chi connectivity index (χ0) is 13.7. The zero-order valence-electron chi connectivity index (χ0n) is 10.3. The highest BCUT2D eigenvalue weighted by Crippen LogP contribution is 2.22. The second-order valence-corrected chi connectivity index (χ2v) is 3.77. The largest absolute Gasteiger partial charge is 0.513 e. The van der Waals surface area contributed by atoms with Crippen LogP contribution in [0.1, 0.15) is 5.56 Å². The minimum absolute atomic E-state index is 0.421. The number of hydrogen-bond acceptors (Lipinski definition) is 4. The number of ether oxygens (including phenoxy) is 2. The molecule has 0 saturated carbocycles. The van der Waals surface area contributed by atoms with E-state index in [1.807, 2.05) is 24.3 Å². The third-order valence-corrected chi connectivity index (χ3v) is 2.57. The summed E-state index contributed by atoms with van der Waals surface area (Å²) in [5.74, 6) is 0.421. The van der Waals surface area contributed by atoms with Gasteiger partial charge >= 0.3 is 6.16 Å². The average molecular weight is 253 g/mol. The van der Waals surface area contributed by atoms with E-state index >= 15 is 0 Å². The third-order valence-electron chi connectivity index (χ3n) is 2.57. The van der Waals surface area contributed by atoms with Crippen molar-refractivity contribution in [2.24, 2.45) is 0 Å². The molecule has 0 radical (unpaired) electrons. The van der Waals surface area contributed by atoms with Crippen LogP contribution in [0.5, 0.6) is 5.75 Å². The van der Waals surface area contributed by atoms with Crippen molar-refractivity contribution in [1.29, 1.82) is 5.26 Å². The molecular formula is C15H11NO3. The number of benzene rings is 2. The molecule has 0 spiro atoms. The fraction of sp³-hybridized carbons (Fsp3) is 0.0667. The van der Waals surface area contributed by atoms with Crippen molar-refractivity contribution < 1.29 is 14.3 Å². The standard InChI is InChI=1S/C15H11NO3/c1-18-15(17)19-14-8-6-13(7-9-14)12-4-2-11(10-16)3-5-12/h2-9H,1H3. The lowest BCUT2D eigenvalue weighted by atomic mass is 10.0. The molecule has 0 unspecified atom stereocenters. The van der Waals surface area contributed by atoms with Crippen LogP contribution in [0.4, 0.5) is 4.79 Å². The molecule has 4 heteroatoms. The van der Waals surface area contributed by atoms with Crippen molar-refractivity contribution in [2.75, 3.05) is 7.11 Å².